The van der Waals surface area contributed by atoms with Crippen molar-refractivity contribution in [3.8, 4) is 0 Å². The van der Waals surface area contributed by atoms with E-state index in [9.17, 15) is 0 Å². The molecule has 0 spiro atoms. The molecule has 0 aromatic heterocycles. The fourth-order valence-corrected chi connectivity index (χ4v) is 5.40. The van der Waals surface area contributed by atoms with E-state index in [4.69, 9.17) is 27.5 Å². The highest BCUT2D eigenvalue weighted by molar-refractivity contribution is 14.1. The fourth-order valence-electron chi connectivity index (χ4n) is 1.83. The summed E-state index contributed by atoms with van der Waals surface area (Å²) >= 11 is 2.36. The molecular weight excluding hydrogens is 431 g/mol. The standard InChI is InChI=1S/C15H33IO6Si/c1-4-17-9-12-20-23(15-7-8-16,21-13-10-18-5-2)22-14-11-19-6-3/h4-15H2,1-3H3. The Morgan fingerprint density at radius 3 is 1.35 bits per heavy atom. The second-order valence-corrected chi connectivity index (χ2v) is 8.42. The van der Waals surface area contributed by atoms with Gasteiger partial charge in [-0.2, -0.15) is 0 Å². The molecule has 0 rings (SSSR count). The van der Waals surface area contributed by atoms with E-state index in [0.717, 1.165) is 16.9 Å². The topological polar surface area (TPSA) is 55.4 Å². The van der Waals surface area contributed by atoms with Crippen molar-refractivity contribution in [2.45, 2.75) is 33.2 Å². The van der Waals surface area contributed by atoms with Crippen LogP contribution in [0.15, 0.2) is 0 Å². The normalized spacial score (nSPS) is 12.0. The molecule has 8 heteroatoms. The molecule has 6 nitrogen and oxygen atoms in total. The number of rotatable bonds is 18. The van der Waals surface area contributed by atoms with E-state index in [-0.39, 0.29) is 0 Å². The smallest absolute Gasteiger partial charge is 0.379 e. The van der Waals surface area contributed by atoms with Crippen molar-refractivity contribution in [2.75, 3.05) is 63.9 Å². The molecule has 140 valence electrons. The summed E-state index contributed by atoms with van der Waals surface area (Å²) in [5.74, 6) is 0. The third-order valence-electron chi connectivity index (χ3n) is 2.88. The number of alkyl halides is 1. The zero-order valence-corrected chi connectivity index (χ0v) is 18.0. The van der Waals surface area contributed by atoms with Crippen LogP contribution in [0.3, 0.4) is 0 Å². The highest BCUT2D eigenvalue weighted by Crippen LogP contribution is 2.19. The number of ether oxygens (including phenoxy) is 3. The number of halogens is 1. The van der Waals surface area contributed by atoms with Crippen molar-refractivity contribution in [3.63, 3.8) is 0 Å². The van der Waals surface area contributed by atoms with Gasteiger partial charge in [0.25, 0.3) is 0 Å². The lowest BCUT2D eigenvalue weighted by Crippen LogP contribution is -2.48. The van der Waals surface area contributed by atoms with Crippen molar-refractivity contribution in [2.24, 2.45) is 0 Å². The Labute approximate surface area is 156 Å². The molecule has 0 heterocycles. The monoisotopic (exact) mass is 464 g/mol. The summed E-state index contributed by atoms with van der Waals surface area (Å²) < 4.78 is 35.3. The molecule has 0 saturated heterocycles. The first-order chi connectivity index (χ1) is 11.2. The number of hydrogen-bond donors (Lipinski definition) is 0. The quantitative estimate of drug-likeness (QED) is 0.135. The third kappa shape index (κ3) is 13.7. The average Bonchev–Trinajstić information content (AvgIpc) is 2.57. The molecule has 0 saturated carbocycles. The first kappa shape index (κ1) is 23.7. The third-order valence-corrected chi connectivity index (χ3v) is 6.54. The van der Waals surface area contributed by atoms with Gasteiger partial charge in [-0.05, 0) is 31.6 Å². The summed E-state index contributed by atoms with van der Waals surface area (Å²) in [7, 11) is -2.71. The molecule has 0 aliphatic carbocycles. The zero-order valence-electron chi connectivity index (χ0n) is 14.8. The second-order valence-electron chi connectivity index (χ2n) is 4.61. The lowest BCUT2D eigenvalue weighted by molar-refractivity contribution is 0.00349. The summed E-state index contributed by atoms with van der Waals surface area (Å²) in [5.41, 5.74) is 0. The van der Waals surface area contributed by atoms with Gasteiger partial charge in [0.1, 0.15) is 0 Å². The van der Waals surface area contributed by atoms with Crippen LogP contribution in [0.25, 0.3) is 0 Å². The maximum Gasteiger partial charge on any atom is 0.501 e. The molecule has 0 aromatic carbocycles. The fraction of sp³-hybridized carbons (Fsp3) is 1.00. The molecule has 0 radical (unpaired) electrons. The van der Waals surface area contributed by atoms with E-state index in [1.165, 1.54) is 0 Å². The van der Waals surface area contributed by atoms with Crippen LogP contribution in [-0.4, -0.2) is 72.7 Å². The summed E-state index contributed by atoms with van der Waals surface area (Å²) in [5, 5.41) is 0. The molecule has 0 atom stereocenters. The molecule has 0 unspecified atom stereocenters. The molecule has 0 N–H and O–H groups in total. The Hall–Kier alpha value is 0.707. The lowest BCUT2D eigenvalue weighted by atomic mass is 10.6. The predicted molar refractivity (Wildman–Crippen MR) is 101 cm³/mol. The van der Waals surface area contributed by atoms with Crippen LogP contribution >= 0.6 is 22.6 Å². The number of hydrogen-bond acceptors (Lipinski definition) is 6. The maximum atomic E-state index is 6.05. The average molecular weight is 464 g/mol. The molecule has 0 fully saturated rings. The molecule has 0 aliphatic rings. The minimum absolute atomic E-state index is 0.491. The summed E-state index contributed by atoms with van der Waals surface area (Å²) in [6.07, 6.45) is 1.00. The molecule has 0 aromatic rings. The molecule has 0 aliphatic heterocycles. The zero-order chi connectivity index (χ0) is 17.2. The van der Waals surface area contributed by atoms with Crippen molar-refractivity contribution < 1.29 is 27.5 Å². The minimum atomic E-state index is -2.71. The van der Waals surface area contributed by atoms with Crippen LogP contribution in [0.4, 0.5) is 0 Å². The van der Waals surface area contributed by atoms with Gasteiger partial charge in [0.2, 0.25) is 0 Å². The minimum Gasteiger partial charge on any atom is -0.379 e. The van der Waals surface area contributed by atoms with Crippen LogP contribution in [0.1, 0.15) is 27.2 Å². The summed E-state index contributed by atoms with van der Waals surface area (Å²) in [6, 6.07) is 0.806. The van der Waals surface area contributed by atoms with Crippen LogP contribution in [-0.2, 0) is 27.5 Å². The Morgan fingerprint density at radius 1 is 0.652 bits per heavy atom. The van der Waals surface area contributed by atoms with Crippen molar-refractivity contribution in [1.82, 2.24) is 0 Å². The highest BCUT2D eigenvalue weighted by Gasteiger charge is 2.40. The van der Waals surface area contributed by atoms with E-state index in [2.05, 4.69) is 22.6 Å². The van der Waals surface area contributed by atoms with Gasteiger partial charge in [-0.25, -0.2) is 0 Å². The van der Waals surface area contributed by atoms with Gasteiger partial charge < -0.3 is 27.5 Å². The Bertz CT molecular complexity index is 217. The molecular formula is C15H33IO6Si. The Balaban J connectivity index is 4.51. The van der Waals surface area contributed by atoms with Crippen LogP contribution in [0.2, 0.25) is 6.04 Å². The van der Waals surface area contributed by atoms with Crippen LogP contribution in [0, 0.1) is 0 Å². The van der Waals surface area contributed by atoms with Gasteiger partial charge in [0.15, 0.2) is 0 Å². The summed E-state index contributed by atoms with van der Waals surface area (Å²) in [6.45, 7) is 11.1. The predicted octanol–water partition coefficient (Wildman–Crippen LogP) is 2.91. The van der Waals surface area contributed by atoms with Gasteiger partial charge in [-0.1, -0.05) is 22.6 Å². The Kier molecular flexibility index (Phi) is 18.1. The van der Waals surface area contributed by atoms with Gasteiger partial charge in [-0.15, -0.1) is 0 Å². The van der Waals surface area contributed by atoms with E-state index in [1.807, 2.05) is 20.8 Å². The molecule has 0 bridgehead atoms. The van der Waals surface area contributed by atoms with Gasteiger partial charge in [0, 0.05) is 25.9 Å². The van der Waals surface area contributed by atoms with E-state index < -0.39 is 8.80 Å². The molecule has 23 heavy (non-hydrogen) atoms. The lowest BCUT2D eigenvalue weighted by Gasteiger charge is -2.29. The first-order valence-corrected chi connectivity index (χ1v) is 11.9. The highest BCUT2D eigenvalue weighted by atomic mass is 127. The van der Waals surface area contributed by atoms with Crippen molar-refractivity contribution >= 4 is 31.4 Å². The Morgan fingerprint density at radius 2 is 1.04 bits per heavy atom. The first-order valence-electron chi connectivity index (χ1n) is 8.45. The maximum absolute atomic E-state index is 6.05. The SMILES string of the molecule is CCOCCO[Si](CCCI)(OCCOCC)OCCOCC. The van der Waals surface area contributed by atoms with Crippen LogP contribution < -0.4 is 0 Å². The van der Waals surface area contributed by atoms with Crippen molar-refractivity contribution in [3.05, 3.63) is 0 Å². The van der Waals surface area contributed by atoms with Gasteiger partial charge in [0.05, 0.1) is 39.6 Å². The van der Waals surface area contributed by atoms with Gasteiger partial charge in [-0.3, -0.25) is 0 Å². The summed E-state index contributed by atoms with van der Waals surface area (Å²) in [4.78, 5) is 0. The van der Waals surface area contributed by atoms with E-state index >= 15 is 0 Å². The van der Waals surface area contributed by atoms with E-state index in [0.29, 0.717) is 59.5 Å². The second kappa shape index (κ2) is 17.5. The molecule has 0 amide bonds. The van der Waals surface area contributed by atoms with Crippen molar-refractivity contribution in [1.29, 1.82) is 0 Å². The van der Waals surface area contributed by atoms with E-state index in [1.54, 1.807) is 0 Å². The van der Waals surface area contributed by atoms with Crippen LogP contribution in [0.5, 0.6) is 0 Å². The largest absolute Gasteiger partial charge is 0.501 e. The van der Waals surface area contributed by atoms with Gasteiger partial charge >= 0.3 is 8.80 Å².